The number of amides is 2. The molecule has 0 radical (unpaired) electrons. The molecule has 0 N–H and O–H groups in total. The minimum Gasteiger partial charge on any atom is -0.383 e. The number of carbonyl (C=O) groups excluding carboxylic acids is 2. The van der Waals surface area contributed by atoms with Crippen molar-refractivity contribution in [2.24, 2.45) is 0 Å². The van der Waals surface area contributed by atoms with Gasteiger partial charge in [-0.3, -0.25) is 14.6 Å². The molecule has 0 bridgehead atoms. The molecule has 0 saturated carbocycles. The maximum absolute atomic E-state index is 13.8. The minimum atomic E-state index is -0.628. The van der Waals surface area contributed by atoms with Crippen molar-refractivity contribution in [1.29, 1.82) is 0 Å². The molecule has 2 aliphatic heterocycles. The van der Waals surface area contributed by atoms with E-state index in [1.165, 1.54) is 12.3 Å². The number of methoxy groups -OCH3 is 1. The molecule has 2 fully saturated rings. The second kappa shape index (κ2) is 6.00. The SMILES string of the molecule is COCCN1C(=O)CC2C1CCN2C(=O)c1ccncc1F. The number of ether oxygens (including phenoxy) is 1. The van der Waals surface area contributed by atoms with Crippen molar-refractivity contribution in [1.82, 2.24) is 14.8 Å². The predicted octanol–water partition coefficient (Wildman–Crippen LogP) is 0.682. The van der Waals surface area contributed by atoms with E-state index >= 15 is 0 Å². The molecule has 6 nitrogen and oxygen atoms in total. The zero-order valence-electron chi connectivity index (χ0n) is 12.4. The topological polar surface area (TPSA) is 62.7 Å². The summed E-state index contributed by atoms with van der Waals surface area (Å²) in [6, 6.07) is 1.21. The lowest BCUT2D eigenvalue weighted by molar-refractivity contribution is -0.129. The van der Waals surface area contributed by atoms with Gasteiger partial charge in [0.1, 0.15) is 0 Å². The largest absolute Gasteiger partial charge is 0.383 e. The van der Waals surface area contributed by atoms with E-state index in [1.807, 2.05) is 0 Å². The molecule has 0 aliphatic carbocycles. The summed E-state index contributed by atoms with van der Waals surface area (Å²) < 4.78 is 18.8. The second-order valence-electron chi connectivity index (χ2n) is 5.56. The maximum Gasteiger partial charge on any atom is 0.257 e. The van der Waals surface area contributed by atoms with E-state index in [9.17, 15) is 14.0 Å². The molecule has 2 aliphatic rings. The Hall–Kier alpha value is -2.02. The van der Waals surface area contributed by atoms with E-state index in [0.29, 0.717) is 26.1 Å². The fraction of sp³-hybridized carbons (Fsp3) is 0.533. The van der Waals surface area contributed by atoms with Gasteiger partial charge in [0, 0.05) is 32.8 Å². The molecule has 118 valence electrons. The van der Waals surface area contributed by atoms with Gasteiger partial charge >= 0.3 is 0 Å². The number of hydrogen-bond acceptors (Lipinski definition) is 4. The first kappa shape index (κ1) is 14.9. The van der Waals surface area contributed by atoms with Crippen LogP contribution in [-0.4, -0.2) is 65.5 Å². The highest BCUT2D eigenvalue weighted by molar-refractivity contribution is 5.95. The third kappa shape index (κ3) is 2.45. The average Bonchev–Trinajstić information content (AvgIpc) is 3.03. The Morgan fingerprint density at radius 2 is 2.32 bits per heavy atom. The Morgan fingerprint density at radius 1 is 1.50 bits per heavy atom. The second-order valence-corrected chi connectivity index (χ2v) is 5.56. The molecule has 3 heterocycles. The zero-order chi connectivity index (χ0) is 15.7. The Morgan fingerprint density at radius 3 is 3.05 bits per heavy atom. The van der Waals surface area contributed by atoms with Crippen LogP contribution in [0, 0.1) is 5.82 Å². The Bertz CT molecular complexity index is 595. The summed E-state index contributed by atoms with van der Waals surface area (Å²) >= 11 is 0. The normalized spacial score (nSPS) is 24.0. The van der Waals surface area contributed by atoms with Crippen LogP contribution in [0.2, 0.25) is 0 Å². The molecule has 0 spiro atoms. The summed E-state index contributed by atoms with van der Waals surface area (Å²) in [4.78, 5) is 31.7. The number of nitrogens with zero attached hydrogens (tertiary/aromatic N) is 3. The molecule has 2 atom stereocenters. The fourth-order valence-electron chi connectivity index (χ4n) is 3.36. The summed E-state index contributed by atoms with van der Waals surface area (Å²) in [5.74, 6) is -0.968. The number of rotatable bonds is 4. The van der Waals surface area contributed by atoms with Crippen LogP contribution in [0.1, 0.15) is 23.2 Å². The van der Waals surface area contributed by atoms with E-state index in [0.717, 1.165) is 12.6 Å². The van der Waals surface area contributed by atoms with Crippen LogP contribution >= 0.6 is 0 Å². The predicted molar refractivity (Wildman–Crippen MR) is 75.6 cm³/mol. The zero-order valence-corrected chi connectivity index (χ0v) is 12.4. The van der Waals surface area contributed by atoms with Gasteiger partial charge in [-0.05, 0) is 12.5 Å². The molecule has 1 aromatic rings. The first-order chi connectivity index (χ1) is 10.6. The summed E-state index contributed by atoms with van der Waals surface area (Å²) in [7, 11) is 1.59. The summed E-state index contributed by atoms with van der Waals surface area (Å²) in [5.41, 5.74) is 0.0124. The lowest BCUT2D eigenvalue weighted by Crippen LogP contribution is -2.41. The van der Waals surface area contributed by atoms with Gasteiger partial charge in [-0.25, -0.2) is 4.39 Å². The van der Waals surface area contributed by atoms with E-state index < -0.39 is 5.82 Å². The third-order valence-corrected chi connectivity index (χ3v) is 4.41. The molecule has 2 amide bonds. The number of aromatic nitrogens is 1. The van der Waals surface area contributed by atoms with Crippen molar-refractivity contribution < 1.29 is 18.7 Å². The van der Waals surface area contributed by atoms with E-state index in [2.05, 4.69) is 4.98 Å². The van der Waals surface area contributed by atoms with Gasteiger partial charge in [0.2, 0.25) is 5.91 Å². The standard InChI is InChI=1S/C15H18FN3O3/c1-22-7-6-18-12-3-5-19(13(12)8-14(18)20)15(21)10-2-4-17-9-11(10)16/h2,4,9,12-13H,3,5-8H2,1H3. The number of likely N-dealkylation sites (tertiary alicyclic amines) is 2. The van der Waals surface area contributed by atoms with Gasteiger partial charge in [0.05, 0.1) is 30.5 Å². The van der Waals surface area contributed by atoms with Gasteiger partial charge in [0.25, 0.3) is 5.91 Å². The van der Waals surface area contributed by atoms with Crippen molar-refractivity contribution in [3.8, 4) is 0 Å². The van der Waals surface area contributed by atoms with Crippen molar-refractivity contribution in [2.75, 3.05) is 26.8 Å². The molecule has 2 saturated heterocycles. The quantitative estimate of drug-likeness (QED) is 0.821. The Kier molecular flexibility index (Phi) is 4.06. The number of carbonyl (C=O) groups is 2. The first-order valence-electron chi connectivity index (χ1n) is 7.32. The van der Waals surface area contributed by atoms with Gasteiger partial charge < -0.3 is 14.5 Å². The van der Waals surface area contributed by atoms with Gasteiger partial charge in [-0.2, -0.15) is 0 Å². The van der Waals surface area contributed by atoms with Crippen molar-refractivity contribution >= 4 is 11.8 Å². The highest BCUT2D eigenvalue weighted by atomic mass is 19.1. The van der Waals surface area contributed by atoms with E-state index in [4.69, 9.17) is 4.74 Å². The van der Waals surface area contributed by atoms with Crippen LogP contribution in [0.5, 0.6) is 0 Å². The Labute approximate surface area is 127 Å². The Balaban J connectivity index is 1.77. The molecule has 3 rings (SSSR count). The average molecular weight is 307 g/mol. The molecule has 0 aromatic carbocycles. The van der Waals surface area contributed by atoms with Gasteiger partial charge in [0.15, 0.2) is 5.82 Å². The maximum atomic E-state index is 13.8. The van der Waals surface area contributed by atoms with Gasteiger partial charge in [-0.15, -0.1) is 0 Å². The highest BCUT2D eigenvalue weighted by Crippen LogP contribution is 2.33. The number of fused-ring (bicyclic) bond motifs is 1. The smallest absolute Gasteiger partial charge is 0.257 e. The molecular weight excluding hydrogens is 289 g/mol. The molecule has 1 aromatic heterocycles. The van der Waals surface area contributed by atoms with Crippen LogP contribution in [0.25, 0.3) is 0 Å². The third-order valence-electron chi connectivity index (χ3n) is 4.41. The summed E-state index contributed by atoms with van der Waals surface area (Å²) in [5, 5.41) is 0. The van der Waals surface area contributed by atoms with Crippen molar-refractivity contribution in [2.45, 2.75) is 24.9 Å². The van der Waals surface area contributed by atoms with E-state index in [-0.39, 0.29) is 29.5 Å². The summed E-state index contributed by atoms with van der Waals surface area (Å²) in [6.45, 7) is 1.54. The van der Waals surface area contributed by atoms with E-state index in [1.54, 1.807) is 16.9 Å². The first-order valence-corrected chi connectivity index (χ1v) is 7.32. The number of halogens is 1. The van der Waals surface area contributed by atoms with Crippen LogP contribution in [0.15, 0.2) is 18.5 Å². The van der Waals surface area contributed by atoms with Crippen molar-refractivity contribution in [3.05, 3.63) is 29.8 Å². The minimum absolute atomic E-state index is 0.0106. The van der Waals surface area contributed by atoms with Crippen LogP contribution < -0.4 is 0 Å². The van der Waals surface area contributed by atoms with Gasteiger partial charge in [-0.1, -0.05) is 0 Å². The summed E-state index contributed by atoms with van der Waals surface area (Å²) in [6.07, 6.45) is 3.45. The number of hydrogen-bond donors (Lipinski definition) is 0. The van der Waals surface area contributed by atoms with Crippen LogP contribution in [-0.2, 0) is 9.53 Å². The molecule has 2 unspecified atom stereocenters. The van der Waals surface area contributed by atoms with Crippen LogP contribution in [0.3, 0.4) is 0 Å². The fourth-order valence-corrected chi connectivity index (χ4v) is 3.36. The lowest BCUT2D eigenvalue weighted by atomic mass is 10.1. The lowest BCUT2D eigenvalue weighted by Gasteiger charge is -2.25. The molecular formula is C15H18FN3O3. The molecule has 7 heteroatoms. The highest BCUT2D eigenvalue weighted by Gasteiger charge is 2.48. The molecule has 22 heavy (non-hydrogen) atoms. The van der Waals surface area contributed by atoms with Crippen LogP contribution in [0.4, 0.5) is 4.39 Å². The van der Waals surface area contributed by atoms with Crippen molar-refractivity contribution in [3.63, 3.8) is 0 Å². The number of pyridine rings is 1. The monoisotopic (exact) mass is 307 g/mol.